The molecule has 128 valence electrons. The Morgan fingerprint density at radius 3 is 2.83 bits per heavy atom. The van der Waals surface area contributed by atoms with Crippen LogP contribution in [0.3, 0.4) is 0 Å². The highest BCUT2D eigenvalue weighted by atomic mass is 35.5. The fourth-order valence-corrected chi connectivity index (χ4v) is 2.58. The number of tetrazole rings is 1. The SMILES string of the molecule is CCCn1nnc(NC(=S)NC(=O)c2cc(Cl)cc(Cl)c2OC)n1. The molecule has 1 heterocycles. The van der Waals surface area contributed by atoms with Crippen LogP contribution >= 0.6 is 35.4 Å². The lowest BCUT2D eigenvalue weighted by Gasteiger charge is -2.11. The van der Waals surface area contributed by atoms with Gasteiger partial charge in [0.1, 0.15) is 5.75 Å². The van der Waals surface area contributed by atoms with Crippen molar-refractivity contribution in [1.82, 2.24) is 25.5 Å². The average Bonchev–Trinajstić information content (AvgIpc) is 2.93. The zero-order valence-corrected chi connectivity index (χ0v) is 15.2. The molecule has 0 spiro atoms. The van der Waals surface area contributed by atoms with Crippen LogP contribution in [0.1, 0.15) is 23.7 Å². The summed E-state index contributed by atoms with van der Waals surface area (Å²) in [6.07, 6.45) is 0.867. The second kappa shape index (κ2) is 8.22. The van der Waals surface area contributed by atoms with E-state index in [0.29, 0.717) is 11.6 Å². The maximum absolute atomic E-state index is 12.3. The maximum Gasteiger partial charge on any atom is 0.269 e. The fraction of sp³-hybridized carbons (Fsp3) is 0.308. The summed E-state index contributed by atoms with van der Waals surface area (Å²) in [6.45, 7) is 2.62. The van der Waals surface area contributed by atoms with Crippen molar-refractivity contribution in [3.05, 3.63) is 27.7 Å². The topological polar surface area (TPSA) is 94.0 Å². The van der Waals surface area contributed by atoms with Gasteiger partial charge in [-0.05, 0) is 36.0 Å². The van der Waals surface area contributed by atoms with Crippen molar-refractivity contribution >= 4 is 52.4 Å². The van der Waals surface area contributed by atoms with E-state index in [9.17, 15) is 4.79 Å². The van der Waals surface area contributed by atoms with Crippen LogP contribution in [0.25, 0.3) is 0 Å². The first-order chi connectivity index (χ1) is 11.4. The third kappa shape index (κ3) is 4.53. The molecule has 0 radical (unpaired) electrons. The highest BCUT2D eigenvalue weighted by molar-refractivity contribution is 7.80. The van der Waals surface area contributed by atoms with E-state index in [1.54, 1.807) is 0 Å². The van der Waals surface area contributed by atoms with Crippen LogP contribution in [-0.4, -0.2) is 38.3 Å². The highest BCUT2D eigenvalue weighted by Gasteiger charge is 2.18. The number of carbonyl (C=O) groups is 1. The molecule has 0 saturated carbocycles. The van der Waals surface area contributed by atoms with Gasteiger partial charge in [0.25, 0.3) is 11.9 Å². The van der Waals surface area contributed by atoms with Crippen molar-refractivity contribution in [3.63, 3.8) is 0 Å². The molecular formula is C13H14Cl2N6O2S. The standard InChI is InChI=1S/C13H14Cl2N6O2S/c1-3-4-21-19-12(18-20-21)17-13(24)16-11(22)8-5-7(14)6-9(15)10(8)23-2/h5-6H,3-4H2,1-2H3,(H2,16,17,19,22,24). The van der Waals surface area contributed by atoms with Crippen LogP contribution in [0, 0.1) is 0 Å². The molecule has 2 N–H and O–H groups in total. The summed E-state index contributed by atoms with van der Waals surface area (Å²) in [7, 11) is 1.40. The molecule has 1 amide bonds. The minimum absolute atomic E-state index is 0.00852. The van der Waals surface area contributed by atoms with E-state index >= 15 is 0 Å². The summed E-state index contributed by atoms with van der Waals surface area (Å²) in [4.78, 5) is 13.8. The van der Waals surface area contributed by atoms with Crippen LogP contribution in [0.2, 0.25) is 10.0 Å². The van der Waals surface area contributed by atoms with Crippen LogP contribution in [0.15, 0.2) is 12.1 Å². The predicted octanol–water partition coefficient (Wildman–Crippen LogP) is 2.53. The molecule has 11 heteroatoms. The van der Waals surface area contributed by atoms with Gasteiger partial charge in [-0.15, -0.1) is 5.10 Å². The lowest BCUT2D eigenvalue weighted by Crippen LogP contribution is -2.34. The van der Waals surface area contributed by atoms with Gasteiger partial charge in [-0.2, -0.15) is 4.80 Å². The third-order valence-electron chi connectivity index (χ3n) is 2.79. The van der Waals surface area contributed by atoms with Gasteiger partial charge < -0.3 is 4.74 Å². The van der Waals surface area contributed by atoms with Crippen LogP contribution in [0.5, 0.6) is 5.75 Å². The summed E-state index contributed by atoms with van der Waals surface area (Å²) >= 11 is 17.0. The van der Waals surface area contributed by atoms with E-state index in [4.69, 9.17) is 40.2 Å². The molecular weight excluding hydrogens is 375 g/mol. The number of rotatable bonds is 5. The van der Waals surface area contributed by atoms with Crippen molar-refractivity contribution in [1.29, 1.82) is 0 Å². The molecule has 8 nitrogen and oxygen atoms in total. The molecule has 0 atom stereocenters. The van der Waals surface area contributed by atoms with E-state index in [1.165, 1.54) is 24.0 Å². The molecule has 0 bridgehead atoms. The Balaban J connectivity index is 2.07. The summed E-state index contributed by atoms with van der Waals surface area (Å²) in [6, 6.07) is 2.91. The van der Waals surface area contributed by atoms with E-state index in [-0.39, 0.29) is 27.4 Å². The number of methoxy groups -OCH3 is 1. The molecule has 1 aromatic heterocycles. The number of anilines is 1. The first-order valence-corrected chi connectivity index (χ1v) is 8.04. The Labute approximate surface area is 153 Å². The van der Waals surface area contributed by atoms with E-state index < -0.39 is 5.91 Å². The zero-order valence-electron chi connectivity index (χ0n) is 12.8. The van der Waals surface area contributed by atoms with Crippen LogP contribution < -0.4 is 15.4 Å². The molecule has 0 fully saturated rings. The Morgan fingerprint density at radius 1 is 1.42 bits per heavy atom. The Kier molecular flexibility index (Phi) is 6.29. The monoisotopic (exact) mass is 388 g/mol. The predicted molar refractivity (Wildman–Crippen MR) is 94.8 cm³/mol. The van der Waals surface area contributed by atoms with Crippen molar-refractivity contribution in [3.8, 4) is 5.75 Å². The van der Waals surface area contributed by atoms with Crippen LogP contribution in [-0.2, 0) is 6.54 Å². The van der Waals surface area contributed by atoms with Crippen LogP contribution in [0.4, 0.5) is 5.95 Å². The van der Waals surface area contributed by atoms with Gasteiger partial charge in [-0.1, -0.05) is 35.2 Å². The normalized spacial score (nSPS) is 10.3. The number of halogens is 2. The Bertz CT molecular complexity index is 767. The summed E-state index contributed by atoms with van der Waals surface area (Å²) in [5, 5.41) is 17.4. The van der Waals surface area contributed by atoms with E-state index in [0.717, 1.165) is 6.42 Å². The minimum Gasteiger partial charge on any atom is -0.494 e. The number of aryl methyl sites for hydroxylation is 1. The molecule has 0 saturated heterocycles. The Morgan fingerprint density at radius 2 is 2.17 bits per heavy atom. The van der Waals surface area contributed by atoms with Crippen molar-refractivity contribution in [2.75, 3.05) is 12.4 Å². The lowest BCUT2D eigenvalue weighted by atomic mass is 10.2. The second-order valence-electron chi connectivity index (χ2n) is 4.59. The number of aromatic nitrogens is 4. The summed E-state index contributed by atoms with van der Waals surface area (Å²) in [5.74, 6) is -0.145. The van der Waals surface area contributed by atoms with Crippen molar-refractivity contribution in [2.45, 2.75) is 19.9 Å². The van der Waals surface area contributed by atoms with Gasteiger partial charge in [0.2, 0.25) is 0 Å². The first-order valence-electron chi connectivity index (χ1n) is 6.87. The molecule has 2 aromatic rings. The summed E-state index contributed by atoms with van der Waals surface area (Å²) < 4.78 is 5.13. The second-order valence-corrected chi connectivity index (χ2v) is 5.84. The number of thiocarbonyl (C=S) groups is 1. The number of nitrogens with zero attached hydrogens (tertiary/aromatic N) is 4. The molecule has 0 aliphatic rings. The molecule has 2 rings (SSSR count). The first kappa shape index (κ1) is 18.4. The molecule has 24 heavy (non-hydrogen) atoms. The largest absolute Gasteiger partial charge is 0.494 e. The average molecular weight is 389 g/mol. The number of hydrogen-bond acceptors (Lipinski definition) is 6. The number of amides is 1. The minimum atomic E-state index is -0.533. The molecule has 0 aliphatic heterocycles. The van der Waals surface area contributed by atoms with Gasteiger partial charge in [-0.3, -0.25) is 15.4 Å². The van der Waals surface area contributed by atoms with Gasteiger partial charge >= 0.3 is 0 Å². The number of carbonyl (C=O) groups excluding carboxylic acids is 1. The fourth-order valence-electron chi connectivity index (χ4n) is 1.83. The number of nitrogens with one attached hydrogen (secondary N) is 2. The van der Waals surface area contributed by atoms with Gasteiger partial charge in [0.05, 0.1) is 24.2 Å². The maximum atomic E-state index is 12.3. The smallest absolute Gasteiger partial charge is 0.269 e. The molecule has 1 aromatic carbocycles. The molecule has 0 unspecified atom stereocenters. The van der Waals surface area contributed by atoms with Crippen molar-refractivity contribution < 1.29 is 9.53 Å². The van der Waals surface area contributed by atoms with Gasteiger partial charge in [0, 0.05) is 5.02 Å². The summed E-state index contributed by atoms with van der Waals surface area (Å²) in [5.41, 5.74) is 0.154. The van der Waals surface area contributed by atoms with Gasteiger partial charge in [-0.25, -0.2) is 0 Å². The number of benzene rings is 1. The lowest BCUT2D eigenvalue weighted by molar-refractivity contribution is 0.0975. The number of hydrogen-bond donors (Lipinski definition) is 2. The van der Waals surface area contributed by atoms with E-state index in [1.807, 2.05) is 6.92 Å². The van der Waals surface area contributed by atoms with Crippen molar-refractivity contribution in [2.24, 2.45) is 0 Å². The number of ether oxygens (including phenoxy) is 1. The zero-order chi connectivity index (χ0) is 17.7. The highest BCUT2D eigenvalue weighted by Crippen LogP contribution is 2.32. The van der Waals surface area contributed by atoms with Gasteiger partial charge in [0.15, 0.2) is 5.11 Å². The van der Waals surface area contributed by atoms with E-state index in [2.05, 4.69) is 26.0 Å². The Hall–Kier alpha value is -1.97. The third-order valence-corrected chi connectivity index (χ3v) is 3.49. The molecule has 0 aliphatic carbocycles. The quantitative estimate of drug-likeness (QED) is 0.759.